The lowest BCUT2D eigenvalue weighted by Gasteiger charge is -2.51. The number of benzene rings is 4. The van der Waals surface area contributed by atoms with E-state index >= 15 is 0 Å². The first-order valence-electron chi connectivity index (χ1n) is 23.5. The van der Waals surface area contributed by atoms with Gasteiger partial charge in [0.2, 0.25) is 11.8 Å². The molecule has 19 heteroatoms. The minimum Gasteiger partial charge on any atom is -0.382 e. The van der Waals surface area contributed by atoms with Crippen molar-refractivity contribution in [3.63, 3.8) is 0 Å². The molecule has 0 aliphatic carbocycles. The Kier molecular flexibility index (Phi) is 10.2. The van der Waals surface area contributed by atoms with Gasteiger partial charge in [-0.2, -0.15) is 0 Å². The van der Waals surface area contributed by atoms with E-state index in [1.807, 2.05) is 43.1 Å². The maximum Gasteiger partial charge on any atom is 0.264 e. The van der Waals surface area contributed by atoms with Gasteiger partial charge >= 0.3 is 0 Å². The fraction of sp³-hybridized carbons (Fsp3) is 0.353. The van der Waals surface area contributed by atoms with E-state index in [0.29, 0.717) is 30.8 Å². The molecular weight excluding hydrogens is 901 g/mol. The Morgan fingerprint density at radius 3 is 2.26 bits per heavy atom. The lowest BCUT2D eigenvalue weighted by Crippen LogP contribution is -2.62. The summed E-state index contributed by atoms with van der Waals surface area (Å²) < 4.78 is 29.7. The Morgan fingerprint density at radius 1 is 0.800 bits per heavy atom. The normalized spacial score (nSPS) is 22.7. The molecule has 0 spiro atoms. The number of amides is 5. The molecule has 0 saturated carbocycles. The van der Waals surface area contributed by atoms with Gasteiger partial charge in [0.15, 0.2) is 5.72 Å². The lowest BCUT2D eigenvalue weighted by atomic mass is 9.91. The number of aromatic nitrogens is 2. The third-order valence-electron chi connectivity index (χ3n) is 14.9. The highest BCUT2D eigenvalue weighted by Crippen LogP contribution is 2.54. The van der Waals surface area contributed by atoms with Crippen LogP contribution in [0.25, 0.3) is 43.6 Å². The van der Waals surface area contributed by atoms with Gasteiger partial charge < -0.3 is 48.9 Å². The molecule has 5 aliphatic rings. The number of rotatable bonds is 15. The average molecular weight is 949 g/mol. The smallest absolute Gasteiger partial charge is 0.264 e. The number of methoxy groups -OCH3 is 1. The van der Waals surface area contributed by atoms with Gasteiger partial charge in [0.1, 0.15) is 29.7 Å². The van der Waals surface area contributed by atoms with Crippen molar-refractivity contribution in [1.29, 1.82) is 0 Å². The molecule has 0 radical (unpaired) electrons. The molecule has 4 N–H and O–H groups in total. The zero-order chi connectivity index (χ0) is 48.3. The first kappa shape index (κ1) is 43.8. The second-order valence-electron chi connectivity index (χ2n) is 18.6. The van der Waals surface area contributed by atoms with Crippen LogP contribution in [0, 0.1) is 0 Å². The van der Waals surface area contributed by atoms with Gasteiger partial charge in [-0.15, -0.1) is 0 Å². The fourth-order valence-corrected chi connectivity index (χ4v) is 11.9. The topological polar surface area (TPSA) is 221 Å². The molecule has 5 aliphatic heterocycles. The highest BCUT2D eigenvalue weighted by Gasteiger charge is 2.55. The molecule has 2 bridgehead atoms. The first-order valence-corrected chi connectivity index (χ1v) is 23.5. The van der Waals surface area contributed by atoms with E-state index < -0.39 is 64.6 Å². The van der Waals surface area contributed by atoms with Gasteiger partial charge in [-0.25, -0.2) is 0 Å². The molecule has 358 valence electrons. The summed E-state index contributed by atoms with van der Waals surface area (Å²) in [5.74, 6) is -2.40. The Hall–Kier alpha value is -7.45. The summed E-state index contributed by atoms with van der Waals surface area (Å²) >= 11 is 0. The monoisotopic (exact) mass is 948 g/mol. The van der Waals surface area contributed by atoms with Crippen LogP contribution in [0.2, 0.25) is 0 Å². The van der Waals surface area contributed by atoms with E-state index in [1.54, 1.807) is 19.2 Å². The van der Waals surface area contributed by atoms with Crippen LogP contribution in [0.5, 0.6) is 0 Å². The molecule has 2 fully saturated rings. The number of fused-ring (bicyclic) bond motifs is 14. The number of hydrogen-bond acceptors (Lipinski definition) is 14. The number of nitrogens with zero attached hydrogens (tertiary/aromatic N) is 4. The molecule has 19 nitrogen and oxygen atoms in total. The number of ether oxygens (including phenoxy) is 4. The predicted molar refractivity (Wildman–Crippen MR) is 258 cm³/mol. The highest BCUT2D eigenvalue weighted by atomic mass is 16.6. The van der Waals surface area contributed by atoms with Gasteiger partial charge in [0, 0.05) is 73.9 Å². The van der Waals surface area contributed by atoms with Crippen molar-refractivity contribution >= 4 is 90.2 Å². The molecular formula is C51H48N8O11. The maximum absolute atomic E-state index is 13.8. The zero-order valence-electron chi connectivity index (χ0n) is 38.5. The second-order valence-corrected chi connectivity index (χ2v) is 18.6. The SMILES string of the molecule is CO[C@@H]1[C@H](N(C)c2c(NCCOCCOCCNc3cccc4c3C(=O)N(C3CCC(=O)NC3=O)C4=O)c(=O)c2=O)C[C@H]2O[C@]1(C)n1c3ccccc3c3c4c(c5c6ccccc6n2c5c31)C(=O)NC4. The summed E-state index contributed by atoms with van der Waals surface area (Å²) in [6, 6.07) is 19.6. The summed E-state index contributed by atoms with van der Waals surface area (Å²) in [5, 5.41) is 15.4. The Bertz CT molecular complexity index is 3510. The zero-order valence-corrected chi connectivity index (χ0v) is 38.5. The van der Waals surface area contributed by atoms with E-state index in [9.17, 15) is 33.6 Å². The predicted octanol–water partition coefficient (Wildman–Crippen LogP) is 3.83. The number of nitrogens with one attached hydrogen (secondary N) is 4. The van der Waals surface area contributed by atoms with Crippen LogP contribution in [-0.4, -0.2) is 115 Å². The number of para-hydroxylation sites is 2. The van der Waals surface area contributed by atoms with Crippen LogP contribution in [0.15, 0.2) is 76.3 Å². The van der Waals surface area contributed by atoms with Crippen molar-refractivity contribution < 1.29 is 42.9 Å². The first-order chi connectivity index (χ1) is 33.9. The van der Waals surface area contributed by atoms with Crippen molar-refractivity contribution in [1.82, 2.24) is 24.7 Å². The fourth-order valence-electron chi connectivity index (χ4n) is 11.9. The third-order valence-corrected chi connectivity index (χ3v) is 14.9. The van der Waals surface area contributed by atoms with Crippen molar-refractivity contribution in [2.24, 2.45) is 0 Å². The van der Waals surface area contributed by atoms with Crippen molar-refractivity contribution in [3.8, 4) is 0 Å². The molecule has 1 unspecified atom stereocenters. The Morgan fingerprint density at radius 2 is 1.51 bits per heavy atom. The quantitative estimate of drug-likeness (QED) is 0.0653. The molecule has 5 aromatic carbocycles. The van der Waals surface area contributed by atoms with Crippen LogP contribution >= 0.6 is 0 Å². The van der Waals surface area contributed by atoms with Crippen LogP contribution in [0.3, 0.4) is 0 Å². The Balaban J connectivity index is 0.718. The third kappa shape index (κ3) is 6.17. The molecule has 2 saturated heterocycles. The molecule has 5 atom stereocenters. The number of likely N-dealkylation sites (N-methyl/N-ethyl adjacent to an activating group) is 1. The molecule has 7 aromatic rings. The maximum atomic E-state index is 13.8. The van der Waals surface area contributed by atoms with Crippen LogP contribution in [0.4, 0.5) is 17.1 Å². The summed E-state index contributed by atoms with van der Waals surface area (Å²) in [7, 11) is 3.46. The number of carbonyl (C=O) groups excluding carboxylic acids is 5. The summed E-state index contributed by atoms with van der Waals surface area (Å²) in [4.78, 5) is 94.0. The van der Waals surface area contributed by atoms with E-state index in [2.05, 4.69) is 54.7 Å². The molecule has 5 amide bonds. The Labute approximate surface area is 398 Å². The largest absolute Gasteiger partial charge is 0.382 e. The molecule has 2 aromatic heterocycles. The van der Waals surface area contributed by atoms with Gasteiger partial charge in [-0.3, -0.25) is 43.8 Å². The number of imide groups is 2. The van der Waals surface area contributed by atoms with E-state index in [4.69, 9.17) is 18.9 Å². The molecule has 12 rings (SSSR count). The average Bonchev–Trinajstić information content (AvgIpc) is 4.07. The van der Waals surface area contributed by atoms with Crippen LogP contribution in [-0.2, 0) is 40.8 Å². The highest BCUT2D eigenvalue weighted by molar-refractivity contribution is 6.31. The number of anilines is 3. The second kappa shape index (κ2) is 16.3. The summed E-state index contributed by atoms with van der Waals surface area (Å²) in [6.07, 6.45) is -0.710. The van der Waals surface area contributed by atoms with Crippen LogP contribution in [0.1, 0.15) is 69.1 Å². The van der Waals surface area contributed by atoms with Gasteiger partial charge in [-0.05, 0) is 43.2 Å². The number of carbonyl (C=O) groups is 5. The summed E-state index contributed by atoms with van der Waals surface area (Å²) in [6.45, 7) is 3.92. The standard InChI is InChI=1S/C51H48N8O11/c1-51-46(67-3)33(23-35(70-51)57-30-13-6-4-9-25(30)38-39-28(24-54-48(39)64)36-26-10-5-7-14-31(26)59(51)42(36)41(38)57)56(2)43-40(44(61)45(43)62)53-18-20-69-22-21-68-19-17-52-29-12-8-11-27-37(29)50(66)58(49(27)65)32-15-16-34(60)55-47(32)63/h4-14,32-33,35,46,52-53H,15-24H2,1-3H3,(H,54,64)(H,55,60,63)/t32?,33-,35-,46-,51+/m1/s1. The van der Waals surface area contributed by atoms with Crippen LogP contribution < -0.4 is 37.0 Å². The number of piperidine rings is 1. The van der Waals surface area contributed by atoms with E-state index in [-0.39, 0.29) is 74.2 Å². The van der Waals surface area contributed by atoms with E-state index in [1.165, 1.54) is 6.07 Å². The van der Waals surface area contributed by atoms with Gasteiger partial charge in [-0.1, -0.05) is 42.5 Å². The molecule has 70 heavy (non-hydrogen) atoms. The van der Waals surface area contributed by atoms with Gasteiger partial charge in [0.25, 0.3) is 28.6 Å². The molecule has 7 heterocycles. The van der Waals surface area contributed by atoms with Gasteiger partial charge in [0.05, 0.1) is 71.2 Å². The number of hydrogen-bond donors (Lipinski definition) is 4. The van der Waals surface area contributed by atoms with Crippen molar-refractivity contribution in [2.75, 3.05) is 69.2 Å². The minimum absolute atomic E-state index is 0.0341. The summed E-state index contributed by atoms with van der Waals surface area (Å²) in [5.41, 5.74) is 4.22. The lowest BCUT2D eigenvalue weighted by molar-refractivity contribution is -0.253. The van der Waals surface area contributed by atoms with E-state index in [0.717, 1.165) is 54.1 Å². The van der Waals surface area contributed by atoms with Crippen molar-refractivity contribution in [3.05, 3.63) is 109 Å². The van der Waals surface area contributed by atoms with Crippen molar-refractivity contribution in [2.45, 2.75) is 62.9 Å². The minimum atomic E-state index is -1.13.